The average molecular weight is 409 g/mol. The highest BCUT2D eigenvalue weighted by molar-refractivity contribution is 9.10. The fraction of sp³-hybridized carbons (Fsp3) is 0.222. The first kappa shape index (κ1) is 18.8. The molecule has 0 atom stereocenters. The Hall–Kier alpha value is -2.54. The number of methoxy groups -OCH3 is 3. The van der Waals surface area contributed by atoms with E-state index in [1.165, 1.54) is 21.3 Å². The average Bonchev–Trinajstić information content (AvgIpc) is 2.65. The molecule has 0 aromatic heterocycles. The minimum atomic E-state index is -0.612. The number of rotatable bonds is 7. The molecule has 25 heavy (non-hydrogen) atoms. The van der Waals surface area contributed by atoms with Crippen LogP contribution in [0.4, 0.5) is 0 Å². The molecule has 0 aliphatic carbocycles. The van der Waals surface area contributed by atoms with Crippen LogP contribution in [0, 0.1) is 0 Å². The zero-order valence-electron chi connectivity index (χ0n) is 14.0. The molecule has 0 aliphatic heterocycles. The van der Waals surface area contributed by atoms with Gasteiger partial charge in [0.2, 0.25) is 5.78 Å². The van der Waals surface area contributed by atoms with Crippen molar-refractivity contribution in [3.05, 3.63) is 52.0 Å². The first-order valence-electron chi connectivity index (χ1n) is 7.26. The van der Waals surface area contributed by atoms with Crippen molar-refractivity contribution in [1.82, 2.24) is 0 Å². The lowest BCUT2D eigenvalue weighted by Crippen LogP contribution is -2.15. The predicted octanol–water partition coefficient (Wildman–Crippen LogP) is 3.51. The Morgan fingerprint density at radius 1 is 0.920 bits per heavy atom. The molecule has 2 aromatic carbocycles. The zero-order chi connectivity index (χ0) is 18.4. The molecule has 0 heterocycles. The van der Waals surface area contributed by atoms with Crippen molar-refractivity contribution < 1.29 is 28.5 Å². The van der Waals surface area contributed by atoms with Crippen LogP contribution in [0.1, 0.15) is 20.7 Å². The monoisotopic (exact) mass is 408 g/mol. The summed E-state index contributed by atoms with van der Waals surface area (Å²) in [6.07, 6.45) is 0. The van der Waals surface area contributed by atoms with Crippen LogP contribution >= 0.6 is 15.9 Å². The Balaban J connectivity index is 2.09. The van der Waals surface area contributed by atoms with Crippen LogP contribution in [-0.4, -0.2) is 39.7 Å². The summed E-state index contributed by atoms with van der Waals surface area (Å²) in [4.78, 5) is 24.5. The van der Waals surface area contributed by atoms with Gasteiger partial charge in [-0.25, -0.2) is 4.79 Å². The lowest BCUT2D eigenvalue weighted by molar-refractivity contribution is 0.0474. The first-order valence-corrected chi connectivity index (χ1v) is 8.05. The Bertz CT molecular complexity index is 787. The lowest BCUT2D eigenvalue weighted by atomic mass is 10.1. The summed E-state index contributed by atoms with van der Waals surface area (Å²) in [6.45, 7) is -0.411. The summed E-state index contributed by atoms with van der Waals surface area (Å²) in [5, 5.41) is 0. The van der Waals surface area contributed by atoms with Crippen LogP contribution in [0.25, 0.3) is 0 Å². The minimum Gasteiger partial charge on any atom is -0.497 e. The number of ether oxygens (including phenoxy) is 4. The number of ketones is 1. The summed E-state index contributed by atoms with van der Waals surface area (Å²) in [7, 11) is 4.48. The van der Waals surface area contributed by atoms with Gasteiger partial charge in [0, 0.05) is 0 Å². The molecule has 7 heteroatoms. The van der Waals surface area contributed by atoms with Gasteiger partial charge in [-0.1, -0.05) is 0 Å². The van der Waals surface area contributed by atoms with Crippen LogP contribution in [0.15, 0.2) is 40.9 Å². The highest BCUT2D eigenvalue weighted by atomic mass is 79.9. The smallest absolute Gasteiger partial charge is 0.338 e. The molecule has 0 radical (unpaired) electrons. The van der Waals surface area contributed by atoms with Gasteiger partial charge in [0.05, 0.1) is 36.9 Å². The van der Waals surface area contributed by atoms with Crippen molar-refractivity contribution in [2.45, 2.75) is 0 Å². The zero-order valence-corrected chi connectivity index (χ0v) is 15.6. The van der Waals surface area contributed by atoms with Gasteiger partial charge < -0.3 is 18.9 Å². The molecule has 0 aliphatic rings. The van der Waals surface area contributed by atoms with Gasteiger partial charge in [-0.05, 0) is 52.3 Å². The molecular weight excluding hydrogens is 392 g/mol. The van der Waals surface area contributed by atoms with Crippen molar-refractivity contribution in [2.75, 3.05) is 27.9 Å². The molecule has 0 fully saturated rings. The van der Waals surface area contributed by atoms with Gasteiger partial charge in [0.25, 0.3) is 0 Å². The molecule has 132 valence electrons. The maximum absolute atomic E-state index is 12.4. The quantitative estimate of drug-likeness (QED) is 0.515. The molecular formula is C18H17BrO6. The normalized spacial score (nSPS) is 10.1. The first-order chi connectivity index (χ1) is 12.0. The van der Waals surface area contributed by atoms with E-state index in [1.54, 1.807) is 36.4 Å². The van der Waals surface area contributed by atoms with E-state index in [4.69, 9.17) is 18.9 Å². The number of halogens is 1. The number of hydrogen-bond acceptors (Lipinski definition) is 6. The van der Waals surface area contributed by atoms with E-state index in [-0.39, 0.29) is 5.56 Å². The number of hydrogen-bond donors (Lipinski definition) is 0. The third-order valence-corrected chi connectivity index (χ3v) is 4.05. The fourth-order valence-corrected chi connectivity index (χ4v) is 2.66. The highest BCUT2D eigenvalue weighted by Crippen LogP contribution is 2.26. The topological polar surface area (TPSA) is 71.1 Å². The second-order valence-electron chi connectivity index (χ2n) is 4.91. The van der Waals surface area contributed by atoms with Gasteiger partial charge in [-0.3, -0.25) is 4.79 Å². The second-order valence-corrected chi connectivity index (χ2v) is 5.77. The maximum atomic E-state index is 12.4. The fourth-order valence-electron chi connectivity index (χ4n) is 2.12. The molecule has 0 N–H and O–H groups in total. The third-order valence-electron chi connectivity index (χ3n) is 3.43. The van der Waals surface area contributed by atoms with E-state index in [0.29, 0.717) is 27.3 Å². The van der Waals surface area contributed by atoms with E-state index in [9.17, 15) is 9.59 Å². The van der Waals surface area contributed by atoms with Crippen LogP contribution in [0.3, 0.4) is 0 Å². The van der Waals surface area contributed by atoms with Crippen molar-refractivity contribution in [3.63, 3.8) is 0 Å². The molecule has 0 bridgehead atoms. The SMILES string of the molecule is COc1ccc(OC)c(C(=O)COC(=O)c2ccc(OC)c(Br)c2)c1. The molecule has 0 amide bonds. The molecule has 2 aromatic rings. The molecule has 2 rings (SSSR count). The largest absolute Gasteiger partial charge is 0.497 e. The van der Waals surface area contributed by atoms with Crippen LogP contribution in [-0.2, 0) is 4.74 Å². The molecule has 0 saturated heterocycles. The van der Waals surface area contributed by atoms with Crippen LogP contribution in [0.5, 0.6) is 17.2 Å². The molecule has 6 nitrogen and oxygen atoms in total. The summed E-state index contributed by atoms with van der Waals surface area (Å²) >= 11 is 3.30. The van der Waals surface area contributed by atoms with Crippen LogP contribution < -0.4 is 14.2 Å². The number of carbonyl (C=O) groups is 2. The van der Waals surface area contributed by atoms with E-state index < -0.39 is 18.4 Å². The van der Waals surface area contributed by atoms with Gasteiger partial charge in [-0.2, -0.15) is 0 Å². The summed E-state index contributed by atoms with van der Waals surface area (Å²) in [5.41, 5.74) is 0.587. The summed E-state index contributed by atoms with van der Waals surface area (Å²) in [6, 6.07) is 9.60. The predicted molar refractivity (Wildman–Crippen MR) is 94.9 cm³/mol. The molecule has 0 unspecified atom stereocenters. The van der Waals surface area contributed by atoms with Gasteiger partial charge >= 0.3 is 5.97 Å². The van der Waals surface area contributed by atoms with E-state index in [2.05, 4.69) is 15.9 Å². The van der Waals surface area contributed by atoms with E-state index in [0.717, 1.165) is 0 Å². The van der Waals surface area contributed by atoms with Gasteiger partial charge in [0.15, 0.2) is 6.61 Å². The Kier molecular flexibility index (Phi) is 6.41. The summed E-state index contributed by atoms with van der Waals surface area (Å²) < 4.78 is 21.1. The maximum Gasteiger partial charge on any atom is 0.338 e. The van der Waals surface area contributed by atoms with E-state index in [1.807, 2.05) is 0 Å². The summed E-state index contributed by atoms with van der Waals surface area (Å²) in [5.74, 6) is 0.479. The van der Waals surface area contributed by atoms with Crippen LogP contribution in [0.2, 0.25) is 0 Å². The standard InChI is InChI=1S/C18H17BrO6/c1-22-12-5-7-16(23-2)13(9-12)15(20)10-25-18(21)11-4-6-17(24-3)14(19)8-11/h4-9H,10H2,1-3H3. The Morgan fingerprint density at radius 2 is 1.60 bits per heavy atom. The van der Waals surface area contributed by atoms with E-state index >= 15 is 0 Å². The second kappa shape index (κ2) is 8.53. The number of carbonyl (C=O) groups excluding carboxylic acids is 2. The Labute approximate surface area is 153 Å². The Morgan fingerprint density at radius 3 is 2.20 bits per heavy atom. The van der Waals surface area contributed by atoms with Gasteiger partial charge in [0.1, 0.15) is 17.2 Å². The number of benzene rings is 2. The molecule has 0 saturated carbocycles. The van der Waals surface area contributed by atoms with Crippen molar-refractivity contribution >= 4 is 27.7 Å². The highest BCUT2D eigenvalue weighted by Gasteiger charge is 2.17. The minimum absolute atomic E-state index is 0.283. The van der Waals surface area contributed by atoms with Crippen molar-refractivity contribution in [1.29, 1.82) is 0 Å². The number of Topliss-reactive ketones (excluding diaryl/α,β-unsaturated/α-hetero) is 1. The van der Waals surface area contributed by atoms with Gasteiger partial charge in [-0.15, -0.1) is 0 Å². The molecule has 0 spiro atoms. The van der Waals surface area contributed by atoms with Crippen molar-refractivity contribution in [3.8, 4) is 17.2 Å². The third kappa shape index (κ3) is 4.51. The number of esters is 1. The van der Waals surface area contributed by atoms with Crippen molar-refractivity contribution in [2.24, 2.45) is 0 Å². The lowest BCUT2D eigenvalue weighted by Gasteiger charge is -2.10.